The van der Waals surface area contributed by atoms with E-state index in [1.807, 2.05) is 73.0 Å². The van der Waals surface area contributed by atoms with Crippen molar-refractivity contribution in [2.45, 2.75) is 43.2 Å². The Bertz CT molecular complexity index is 1390. The maximum atomic E-state index is 13.8. The van der Waals surface area contributed by atoms with Crippen LogP contribution in [0.5, 0.6) is 11.5 Å². The summed E-state index contributed by atoms with van der Waals surface area (Å²) >= 11 is 1.62. The molecule has 1 unspecified atom stereocenters. The quantitative estimate of drug-likeness (QED) is 0.160. The molecule has 0 aliphatic carbocycles. The largest absolute Gasteiger partial charge is 0.493 e. The van der Waals surface area contributed by atoms with Crippen molar-refractivity contribution in [2.75, 3.05) is 44.2 Å². The van der Waals surface area contributed by atoms with Crippen LogP contribution in [-0.2, 0) is 17.8 Å². The summed E-state index contributed by atoms with van der Waals surface area (Å²) in [6, 6.07) is 19.1. The van der Waals surface area contributed by atoms with Gasteiger partial charge in [0, 0.05) is 35.9 Å². The Hall–Kier alpha value is -4.38. The predicted octanol–water partition coefficient (Wildman–Crippen LogP) is 5.49. The third-order valence-corrected chi connectivity index (χ3v) is 7.96. The number of methoxy groups -OCH3 is 2. The molecular formula is C32H39N5O5S. The molecule has 3 aromatic carbocycles. The van der Waals surface area contributed by atoms with Crippen molar-refractivity contribution in [3.63, 3.8) is 0 Å². The monoisotopic (exact) mass is 605 g/mol. The summed E-state index contributed by atoms with van der Waals surface area (Å²) in [6.45, 7) is 1.37. The van der Waals surface area contributed by atoms with Crippen molar-refractivity contribution >= 4 is 41.1 Å². The molecule has 11 heteroatoms. The molecule has 228 valence electrons. The zero-order chi connectivity index (χ0) is 30.6. The smallest absolute Gasteiger partial charge is 0.319 e. The number of rotatable bonds is 12. The van der Waals surface area contributed by atoms with E-state index in [4.69, 9.17) is 9.47 Å². The number of nitrogens with zero attached hydrogens (tertiary/aromatic N) is 1. The molecule has 5 amide bonds. The van der Waals surface area contributed by atoms with Gasteiger partial charge in [-0.3, -0.25) is 4.79 Å². The van der Waals surface area contributed by atoms with Gasteiger partial charge in [-0.25, -0.2) is 9.59 Å². The molecule has 0 saturated carbocycles. The predicted molar refractivity (Wildman–Crippen MR) is 170 cm³/mol. The van der Waals surface area contributed by atoms with Crippen LogP contribution in [0.15, 0.2) is 71.6 Å². The average Bonchev–Trinajstić information content (AvgIpc) is 3.03. The summed E-state index contributed by atoms with van der Waals surface area (Å²) in [6.07, 6.45) is 4.35. The molecule has 10 nitrogen and oxygen atoms in total. The Kier molecular flexibility index (Phi) is 11.5. The molecule has 0 aromatic heterocycles. The van der Waals surface area contributed by atoms with Crippen molar-refractivity contribution in [1.29, 1.82) is 0 Å². The Labute approximate surface area is 256 Å². The molecular weight excluding hydrogens is 566 g/mol. The zero-order valence-electron chi connectivity index (χ0n) is 24.8. The lowest BCUT2D eigenvalue weighted by Gasteiger charge is -2.32. The van der Waals surface area contributed by atoms with Gasteiger partial charge >= 0.3 is 12.1 Å². The van der Waals surface area contributed by atoms with E-state index < -0.39 is 12.1 Å². The highest BCUT2D eigenvalue weighted by molar-refractivity contribution is 7.98. The summed E-state index contributed by atoms with van der Waals surface area (Å²) in [5, 5.41) is 11.4. The molecule has 0 radical (unpaired) electrons. The molecule has 4 N–H and O–H groups in total. The molecule has 1 heterocycles. The van der Waals surface area contributed by atoms with Crippen LogP contribution in [0, 0.1) is 0 Å². The van der Waals surface area contributed by atoms with Crippen LogP contribution in [0.1, 0.15) is 30.4 Å². The van der Waals surface area contributed by atoms with Crippen molar-refractivity contribution in [3.05, 3.63) is 77.9 Å². The molecule has 1 aliphatic rings. The first kappa shape index (κ1) is 31.6. The standard InChI is InChI=1S/C32H39N5O5S/c1-41-28-19-22-16-18-37(21-23(22)20-29(28)42-2)30(38)27(36-32(40)35-25-12-14-26(43-3)15-13-25)11-7-8-17-33-31(39)34-24-9-5-4-6-10-24/h4-6,9-10,12-15,19-20,27H,7-8,11,16-18,21H2,1-3H3,(H2,33,34,39)(H2,35,36,40). The lowest BCUT2D eigenvalue weighted by Crippen LogP contribution is -2.50. The van der Waals surface area contributed by atoms with Gasteiger partial charge in [-0.2, -0.15) is 0 Å². The van der Waals surface area contributed by atoms with E-state index in [1.54, 1.807) is 30.9 Å². The molecule has 43 heavy (non-hydrogen) atoms. The second kappa shape index (κ2) is 15.7. The zero-order valence-corrected chi connectivity index (χ0v) is 25.6. The first-order valence-corrected chi connectivity index (χ1v) is 15.5. The molecule has 0 fully saturated rings. The van der Waals surface area contributed by atoms with E-state index in [-0.39, 0.29) is 11.9 Å². The van der Waals surface area contributed by atoms with Gasteiger partial charge in [-0.05, 0) is 91.6 Å². The number of nitrogens with one attached hydrogen (secondary N) is 4. The number of thioether (sulfide) groups is 1. The van der Waals surface area contributed by atoms with E-state index in [0.29, 0.717) is 68.2 Å². The van der Waals surface area contributed by atoms with Gasteiger partial charge in [0.1, 0.15) is 6.04 Å². The number of unbranched alkanes of at least 4 members (excludes halogenated alkanes) is 1. The van der Waals surface area contributed by atoms with Crippen molar-refractivity contribution in [3.8, 4) is 11.5 Å². The Morgan fingerprint density at radius 2 is 1.51 bits per heavy atom. The SMILES string of the molecule is COc1cc2c(cc1OC)CN(C(=O)C(CCCCNC(=O)Nc1ccccc1)NC(=O)Nc1ccc(SC)cc1)CC2. The molecule has 0 bridgehead atoms. The first-order valence-electron chi connectivity index (χ1n) is 14.2. The number of hydrogen-bond donors (Lipinski definition) is 4. The Morgan fingerprint density at radius 3 is 2.19 bits per heavy atom. The van der Waals surface area contributed by atoms with E-state index in [9.17, 15) is 14.4 Å². The minimum absolute atomic E-state index is 0.150. The van der Waals surface area contributed by atoms with Crippen molar-refractivity contribution in [2.24, 2.45) is 0 Å². The average molecular weight is 606 g/mol. The number of carbonyl (C=O) groups is 3. The number of hydrogen-bond acceptors (Lipinski definition) is 6. The van der Waals surface area contributed by atoms with E-state index in [1.165, 1.54) is 0 Å². The Balaban J connectivity index is 1.37. The summed E-state index contributed by atoms with van der Waals surface area (Å²) < 4.78 is 10.9. The van der Waals surface area contributed by atoms with Gasteiger partial charge in [-0.15, -0.1) is 11.8 Å². The van der Waals surface area contributed by atoms with Crippen LogP contribution < -0.4 is 30.7 Å². The van der Waals surface area contributed by atoms with Crippen LogP contribution >= 0.6 is 11.8 Å². The third-order valence-electron chi connectivity index (χ3n) is 7.22. The van der Waals surface area contributed by atoms with E-state index in [0.717, 1.165) is 16.0 Å². The van der Waals surface area contributed by atoms with E-state index >= 15 is 0 Å². The molecule has 0 saturated heterocycles. The number of fused-ring (bicyclic) bond motifs is 1. The van der Waals surface area contributed by atoms with Gasteiger partial charge in [0.2, 0.25) is 5.91 Å². The minimum atomic E-state index is -0.731. The minimum Gasteiger partial charge on any atom is -0.493 e. The van der Waals surface area contributed by atoms with Gasteiger partial charge in [0.05, 0.1) is 14.2 Å². The first-order chi connectivity index (χ1) is 20.9. The van der Waals surface area contributed by atoms with Crippen molar-refractivity contribution in [1.82, 2.24) is 15.5 Å². The summed E-state index contributed by atoms with van der Waals surface area (Å²) in [7, 11) is 3.19. The third kappa shape index (κ3) is 9.05. The maximum Gasteiger partial charge on any atom is 0.319 e. The normalized spacial score (nSPS) is 12.9. The van der Waals surface area contributed by atoms with Crippen LogP contribution in [-0.4, -0.2) is 62.5 Å². The summed E-state index contributed by atoms with van der Waals surface area (Å²) in [5.74, 6) is 1.12. The van der Waals surface area contributed by atoms with Gasteiger partial charge in [-0.1, -0.05) is 18.2 Å². The topological polar surface area (TPSA) is 121 Å². The lowest BCUT2D eigenvalue weighted by atomic mass is 9.97. The lowest BCUT2D eigenvalue weighted by molar-refractivity contribution is -0.134. The van der Waals surface area contributed by atoms with Crippen LogP contribution in [0.25, 0.3) is 0 Å². The number of para-hydroxylation sites is 1. The number of ether oxygens (including phenoxy) is 2. The fourth-order valence-corrected chi connectivity index (χ4v) is 5.33. The number of amides is 5. The van der Waals surface area contributed by atoms with Gasteiger partial charge < -0.3 is 35.6 Å². The molecule has 0 spiro atoms. The van der Waals surface area contributed by atoms with Crippen LogP contribution in [0.3, 0.4) is 0 Å². The fourth-order valence-electron chi connectivity index (χ4n) is 4.92. The number of benzene rings is 3. The highest BCUT2D eigenvalue weighted by atomic mass is 32.2. The number of carbonyl (C=O) groups excluding carboxylic acids is 3. The fraction of sp³-hybridized carbons (Fsp3) is 0.344. The molecule has 1 atom stereocenters. The summed E-state index contributed by atoms with van der Waals surface area (Å²) in [5.41, 5.74) is 3.45. The molecule has 4 rings (SSSR count). The maximum absolute atomic E-state index is 13.8. The molecule has 3 aromatic rings. The second-order valence-electron chi connectivity index (χ2n) is 10.1. The highest BCUT2D eigenvalue weighted by Crippen LogP contribution is 2.33. The summed E-state index contributed by atoms with van der Waals surface area (Å²) in [4.78, 5) is 41.8. The second-order valence-corrected chi connectivity index (χ2v) is 11.0. The van der Waals surface area contributed by atoms with Crippen LogP contribution in [0.4, 0.5) is 21.0 Å². The van der Waals surface area contributed by atoms with Crippen LogP contribution in [0.2, 0.25) is 0 Å². The van der Waals surface area contributed by atoms with Crippen molar-refractivity contribution < 1.29 is 23.9 Å². The van der Waals surface area contributed by atoms with E-state index in [2.05, 4.69) is 21.3 Å². The number of anilines is 2. The van der Waals surface area contributed by atoms with Gasteiger partial charge in [0.25, 0.3) is 0 Å². The highest BCUT2D eigenvalue weighted by Gasteiger charge is 2.29. The molecule has 1 aliphatic heterocycles. The van der Waals surface area contributed by atoms with Gasteiger partial charge in [0.15, 0.2) is 11.5 Å². The number of urea groups is 2. The Morgan fingerprint density at radius 1 is 0.860 bits per heavy atom.